The van der Waals surface area contributed by atoms with Gasteiger partial charge in [0.2, 0.25) is 0 Å². The van der Waals surface area contributed by atoms with E-state index in [0.717, 1.165) is 40.9 Å². The number of carbonyl (C=O) groups is 1. The quantitative estimate of drug-likeness (QED) is 0.729. The summed E-state index contributed by atoms with van der Waals surface area (Å²) in [6, 6.07) is 11.6. The number of hydrogen-bond acceptors (Lipinski definition) is 5. The zero-order valence-corrected chi connectivity index (χ0v) is 16.4. The number of nitrogens with one attached hydrogen (secondary N) is 1. The Morgan fingerprint density at radius 2 is 1.83 bits per heavy atom. The van der Waals surface area contributed by atoms with E-state index in [4.69, 9.17) is 9.47 Å². The fourth-order valence-corrected chi connectivity index (χ4v) is 4.10. The summed E-state index contributed by atoms with van der Waals surface area (Å²) < 4.78 is 11.2. The van der Waals surface area contributed by atoms with Crippen molar-refractivity contribution in [3.8, 4) is 11.5 Å². The van der Waals surface area contributed by atoms with Gasteiger partial charge in [-0.15, -0.1) is 0 Å². The second-order valence-corrected chi connectivity index (χ2v) is 7.49. The summed E-state index contributed by atoms with van der Waals surface area (Å²) in [6.07, 6.45) is 4.21. The first-order valence-corrected chi connectivity index (χ1v) is 10.0. The number of carbonyl (C=O) groups excluding carboxylic acids is 1. The standard InChI is InChI=1S/C23H23N3O3/c1-15-13-20-21(29-12-11-28-20)14-17(15)23(27)25-18-6-7-19(26-9-2-3-10-26)22-16(18)5-4-8-24-22/h4-8,13-14H,2-3,9-12H2,1H3,(H,25,27). The number of amides is 1. The zero-order valence-electron chi connectivity index (χ0n) is 16.4. The molecule has 0 radical (unpaired) electrons. The van der Waals surface area contributed by atoms with Crippen molar-refractivity contribution in [2.75, 3.05) is 36.5 Å². The predicted octanol–water partition coefficient (Wildman–Crippen LogP) is 4.17. The molecule has 1 N–H and O–H groups in total. The molecule has 0 saturated carbocycles. The Morgan fingerprint density at radius 1 is 1.07 bits per heavy atom. The third kappa shape index (κ3) is 3.24. The monoisotopic (exact) mass is 389 g/mol. The van der Waals surface area contributed by atoms with E-state index in [1.807, 2.05) is 31.2 Å². The van der Waals surface area contributed by atoms with Crippen LogP contribution >= 0.6 is 0 Å². The van der Waals surface area contributed by atoms with Crippen molar-refractivity contribution in [3.05, 3.63) is 53.7 Å². The molecule has 2 aromatic carbocycles. The van der Waals surface area contributed by atoms with Gasteiger partial charge in [-0.05, 0) is 61.7 Å². The van der Waals surface area contributed by atoms with E-state index in [-0.39, 0.29) is 5.91 Å². The molecule has 1 aromatic heterocycles. The molecule has 3 aromatic rings. The number of aryl methyl sites for hydroxylation is 1. The van der Waals surface area contributed by atoms with Crippen molar-refractivity contribution in [3.63, 3.8) is 0 Å². The fraction of sp³-hybridized carbons (Fsp3) is 0.304. The van der Waals surface area contributed by atoms with E-state index in [9.17, 15) is 4.79 Å². The van der Waals surface area contributed by atoms with E-state index >= 15 is 0 Å². The molecule has 0 spiro atoms. The highest BCUT2D eigenvalue weighted by Crippen LogP contribution is 2.35. The highest BCUT2D eigenvalue weighted by atomic mass is 16.6. The predicted molar refractivity (Wildman–Crippen MR) is 113 cm³/mol. The van der Waals surface area contributed by atoms with Crippen molar-refractivity contribution in [1.82, 2.24) is 4.98 Å². The third-order valence-corrected chi connectivity index (χ3v) is 5.58. The molecule has 0 atom stereocenters. The van der Waals surface area contributed by atoms with Crippen LogP contribution in [-0.4, -0.2) is 37.2 Å². The molecule has 1 amide bonds. The van der Waals surface area contributed by atoms with Gasteiger partial charge >= 0.3 is 0 Å². The number of rotatable bonds is 3. The van der Waals surface area contributed by atoms with Gasteiger partial charge < -0.3 is 19.7 Å². The molecule has 3 heterocycles. The van der Waals surface area contributed by atoms with Crippen molar-refractivity contribution in [1.29, 1.82) is 0 Å². The van der Waals surface area contributed by atoms with Crippen LogP contribution in [0.15, 0.2) is 42.6 Å². The maximum absolute atomic E-state index is 13.1. The molecule has 5 rings (SSSR count). The lowest BCUT2D eigenvalue weighted by molar-refractivity contribution is 0.102. The first kappa shape index (κ1) is 17.8. The molecule has 2 aliphatic heterocycles. The summed E-state index contributed by atoms with van der Waals surface area (Å²) in [4.78, 5) is 20.0. The van der Waals surface area contributed by atoms with Crippen molar-refractivity contribution in [2.45, 2.75) is 19.8 Å². The Morgan fingerprint density at radius 3 is 2.62 bits per heavy atom. The molecular weight excluding hydrogens is 366 g/mol. The van der Waals surface area contributed by atoms with Gasteiger partial charge in [0, 0.05) is 30.2 Å². The molecule has 0 aliphatic carbocycles. The Labute approximate surface area is 169 Å². The maximum atomic E-state index is 13.1. The molecule has 1 saturated heterocycles. The van der Waals surface area contributed by atoms with E-state index in [0.29, 0.717) is 30.3 Å². The highest BCUT2D eigenvalue weighted by Gasteiger charge is 2.20. The van der Waals surface area contributed by atoms with Crippen LogP contribution in [0.3, 0.4) is 0 Å². The lowest BCUT2D eigenvalue weighted by Crippen LogP contribution is -2.19. The smallest absolute Gasteiger partial charge is 0.256 e. The van der Waals surface area contributed by atoms with Gasteiger partial charge in [-0.25, -0.2) is 0 Å². The van der Waals surface area contributed by atoms with Gasteiger partial charge in [-0.1, -0.05) is 0 Å². The van der Waals surface area contributed by atoms with Gasteiger partial charge in [0.05, 0.1) is 16.9 Å². The molecule has 6 heteroatoms. The van der Waals surface area contributed by atoms with Gasteiger partial charge in [0.15, 0.2) is 11.5 Å². The average Bonchev–Trinajstić information content (AvgIpc) is 3.28. The Hall–Kier alpha value is -3.28. The van der Waals surface area contributed by atoms with Crippen molar-refractivity contribution >= 4 is 28.2 Å². The summed E-state index contributed by atoms with van der Waals surface area (Å²) in [5.41, 5.74) is 4.24. The molecule has 0 bridgehead atoms. The number of pyridine rings is 1. The molecule has 29 heavy (non-hydrogen) atoms. The van der Waals surface area contributed by atoms with Crippen LogP contribution in [0.4, 0.5) is 11.4 Å². The Kier molecular flexibility index (Phi) is 4.46. The molecular formula is C23H23N3O3. The first-order chi connectivity index (χ1) is 14.2. The topological polar surface area (TPSA) is 63.7 Å². The SMILES string of the molecule is Cc1cc2c(cc1C(=O)Nc1ccc(N3CCCC3)c3ncccc13)OCCO2. The van der Waals surface area contributed by atoms with Crippen molar-refractivity contribution in [2.24, 2.45) is 0 Å². The largest absolute Gasteiger partial charge is 0.486 e. The summed E-state index contributed by atoms with van der Waals surface area (Å²) in [5.74, 6) is 1.14. The lowest BCUT2D eigenvalue weighted by atomic mass is 10.1. The normalized spacial score (nSPS) is 15.6. The third-order valence-electron chi connectivity index (χ3n) is 5.58. The van der Waals surface area contributed by atoms with Gasteiger partial charge in [-0.2, -0.15) is 0 Å². The Bertz CT molecular complexity index is 1090. The minimum absolute atomic E-state index is 0.168. The molecule has 148 valence electrons. The van der Waals surface area contributed by atoms with Crippen LogP contribution in [-0.2, 0) is 0 Å². The fourth-order valence-electron chi connectivity index (χ4n) is 4.10. The number of fused-ring (bicyclic) bond motifs is 2. The van der Waals surface area contributed by atoms with Crippen LogP contribution in [0.2, 0.25) is 0 Å². The summed E-state index contributed by atoms with van der Waals surface area (Å²) in [5, 5.41) is 4.02. The van der Waals surface area contributed by atoms with Gasteiger partial charge in [0.25, 0.3) is 5.91 Å². The number of aromatic nitrogens is 1. The number of ether oxygens (including phenoxy) is 2. The summed E-state index contributed by atoms with van der Waals surface area (Å²) >= 11 is 0. The minimum atomic E-state index is -0.168. The van der Waals surface area contributed by atoms with Crippen LogP contribution in [0.1, 0.15) is 28.8 Å². The van der Waals surface area contributed by atoms with Gasteiger partial charge in [0.1, 0.15) is 13.2 Å². The number of nitrogens with zero attached hydrogens (tertiary/aromatic N) is 2. The minimum Gasteiger partial charge on any atom is -0.486 e. The van der Waals surface area contributed by atoms with E-state index in [1.165, 1.54) is 12.8 Å². The van der Waals surface area contributed by atoms with E-state index in [2.05, 4.69) is 21.3 Å². The summed E-state index contributed by atoms with van der Waals surface area (Å²) in [6.45, 7) is 5.02. The second-order valence-electron chi connectivity index (χ2n) is 7.49. The average molecular weight is 389 g/mol. The van der Waals surface area contributed by atoms with Crippen molar-refractivity contribution < 1.29 is 14.3 Å². The lowest BCUT2D eigenvalue weighted by Gasteiger charge is -2.21. The van der Waals surface area contributed by atoms with Crippen LogP contribution in [0.25, 0.3) is 10.9 Å². The molecule has 0 unspecified atom stereocenters. The van der Waals surface area contributed by atoms with Crippen LogP contribution in [0.5, 0.6) is 11.5 Å². The maximum Gasteiger partial charge on any atom is 0.256 e. The van der Waals surface area contributed by atoms with Gasteiger partial charge in [-0.3, -0.25) is 9.78 Å². The summed E-state index contributed by atoms with van der Waals surface area (Å²) in [7, 11) is 0. The number of anilines is 2. The van der Waals surface area contributed by atoms with Crippen LogP contribution in [0, 0.1) is 6.92 Å². The number of benzene rings is 2. The molecule has 1 fully saturated rings. The second kappa shape index (κ2) is 7.28. The molecule has 6 nitrogen and oxygen atoms in total. The first-order valence-electron chi connectivity index (χ1n) is 10.0. The van der Waals surface area contributed by atoms with E-state index in [1.54, 1.807) is 12.3 Å². The highest BCUT2D eigenvalue weighted by molar-refractivity contribution is 6.11. The van der Waals surface area contributed by atoms with E-state index < -0.39 is 0 Å². The van der Waals surface area contributed by atoms with Crippen LogP contribution < -0.4 is 19.7 Å². The zero-order chi connectivity index (χ0) is 19.8. The Balaban J connectivity index is 1.49. The number of hydrogen-bond donors (Lipinski definition) is 1. The molecule has 2 aliphatic rings.